The number of benzene rings is 2. The molecule has 0 atom stereocenters. The summed E-state index contributed by atoms with van der Waals surface area (Å²) < 4.78 is 16.2. The van der Waals surface area contributed by atoms with Crippen LogP contribution in [-0.2, 0) is 0 Å². The third-order valence-corrected chi connectivity index (χ3v) is 6.32. The van der Waals surface area contributed by atoms with Gasteiger partial charge in [0.05, 0.1) is 27.0 Å². The Morgan fingerprint density at radius 2 is 1.63 bits per heavy atom. The molecule has 30 heavy (non-hydrogen) atoms. The zero-order chi connectivity index (χ0) is 21.1. The molecule has 0 radical (unpaired) electrons. The van der Waals surface area contributed by atoms with Gasteiger partial charge in [0.2, 0.25) is 5.75 Å². The first-order valence-electron chi connectivity index (χ1n) is 8.97. The smallest absolute Gasteiger partial charge is 0.203 e. The van der Waals surface area contributed by atoms with Gasteiger partial charge in [-0.25, -0.2) is 9.97 Å². The van der Waals surface area contributed by atoms with Crippen LogP contribution in [0.2, 0.25) is 0 Å². The molecule has 0 unspecified atom stereocenters. The average molecular weight is 441 g/mol. The summed E-state index contributed by atoms with van der Waals surface area (Å²) >= 11 is 2.98. The van der Waals surface area contributed by atoms with E-state index in [2.05, 4.69) is 10.3 Å². The minimum Gasteiger partial charge on any atom is -0.493 e. The fourth-order valence-electron chi connectivity index (χ4n) is 2.93. The van der Waals surface area contributed by atoms with Gasteiger partial charge in [0.1, 0.15) is 15.7 Å². The first-order chi connectivity index (χ1) is 14.6. The van der Waals surface area contributed by atoms with Crippen molar-refractivity contribution in [3.8, 4) is 38.4 Å². The van der Waals surface area contributed by atoms with E-state index in [1.54, 1.807) is 32.7 Å². The minimum absolute atomic E-state index is 0.434. The summed E-state index contributed by atoms with van der Waals surface area (Å²) in [4.78, 5) is 10.0. The zero-order valence-corrected chi connectivity index (χ0v) is 18.3. The van der Waals surface area contributed by atoms with Gasteiger partial charge in [-0.05, 0) is 0 Å². The van der Waals surface area contributed by atoms with Crippen molar-refractivity contribution in [2.75, 3.05) is 32.4 Å². The molecule has 0 fully saturated rings. The van der Waals surface area contributed by atoms with Crippen LogP contribution in [0.3, 0.4) is 0 Å². The number of hydrogen-bond acceptors (Lipinski definition) is 9. The molecule has 0 aliphatic carbocycles. The number of anilines is 3. The molecule has 2 aromatic heterocycles. The molecule has 7 nitrogen and oxygen atoms in total. The molecule has 0 saturated carbocycles. The van der Waals surface area contributed by atoms with Crippen LogP contribution in [0.4, 0.5) is 16.6 Å². The molecule has 4 aromatic rings. The summed E-state index contributed by atoms with van der Waals surface area (Å²) in [5.74, 6) is 2.07. The van der Waals surface area contributed by atoms with Crippen LogP contribution in [-0.4, -0.2) is 31.3 Å². The molecule has 0 saturated heterocycles. The summed E-state index contributed by atoms with van der Waals surface area (Å²) in [5, 5.41) is 6.77. The Labute approximate surface area is 182 Å². The number of nitrogen functional groups attached to an aromatic ring is 1. The lowest BCUT2D eigenvalue weighted by Gasteiger charge is -2.14. The molecule has 4 rings (SSSR count). The molecule has 0 amide bonds. The molecule has 154 valence electrons. The Balaban J connectivity index is 1.62. The quantitative estimate of drug-likeness (QED) is 0.404. The third kappa shape index (κ3) is 3.89. The van der Waals surface area contributed by atoms with Gasteiger partial charge >= 0.3 is 0 Å². The van der Waals surface area contributed by atoms with Crippen LogP contribution in [0.25, 0.3) is 21.1 Å². The fourth-order valence-corrected chi connectivity index (χ4v) is 4.77. The predicted molar refractivity (Wildman–Crippen MR) is 122 cm³/mol. The molecule has 0 spiro atoms. The number of aromatic nitrogens is 2. The number of methoxy groups -OCH3 is 3. The topological polar surface area (TPSA) is 91.5 Å². The van der Waals surface area contributed by atoms with E-state index < -0.39 is 0 Å². The normalized spacial score (nSPS) is 10.6. The molecule has 3 N–H and O–H groups in total. The van der Waals surface area contributed by atoms with Gasteiger partial charge in [0.15, 0.2) is 16.6 Å². The number of nitrogens with one attached hydrogen (secondary N) is 1. The van der Waals surface area contributed by atoms with Crippen LogP contribution in [0.5, 0.6) is 17.2 Å². The molecule has 0 aliphatic heterocycles. The van der Waals surface area contributed by atoms with E-state index in [1.807, 2.05) is 47.8 Å². The molecular formula is C21H20N4O3S2. The highest BCUT2D eigenvalue weighted by Crippen LogP contribution is 2.43. The van der Waals surface area contributed by atoms with E-state index in [9.17, 15) is 0 Å². The van der Waals surface area contributed by atoms with Crippen molar-refractivity contribution < 1.29 is 14.2 Å². The highest BCUT2D eigenvalue weighted by Gasteiger charge is 2.17. The summed E-state index contributed by atoms with van der Waals surface area (Å²) in [7, 11) is 4.72. The second kappa shape index (κ2) is 8.60. The first-order valence-corrected chi connectivity index (χ1v) is 10.7. The highest BCUT2D eigenvalue weighted by atomic mass is 32.1. The Hall–Kier alpha value is -3.30. The third-order valence-electron chi connectivity index (χ3n) is 4.34. The van der Waals surface area contributed by atoms with Gasteiger partial charge in [-0.3, -0.25) is 0 Å². The van der Waals surface area contributed by atoms with Gasteiger partial charge in [0.25, 0.3) is 0 Å². The lowest BCUT2D eigenvalue weighted by atomic mass is 10.2. The number of thiazole rings is 2. The number of ether oxygens (including phenoxy) is 3. The molecule has 0 bridgehead atoms. The van der Waals surface area contributed by atoms with Crippen LogP contribution in [0, 0.1) is 0 Å². The second-order valence-corrected chi connectivity index (χ2v) is 8.03. The maximum absolute atomic E-state index is 6.19. The number of nitrogens with zero attached hydrogens (tertiary/aromatic N) is 2. The van der Waals surface area contributed by atoms with E-state index >= 15 is 0 Å². The lowest BCUT2D eigenvalue weighted by molar-refractivity contribution is 0.324. The Morgan fingerprint density at radius 3 is 2.27 bits per heavy atom. The Kier molecular flexibility index (Phi) is 5.73. The fraction of sp³-hybridized carbons (Fsp3) is 0.143. The molecule has 0 aliphatic rings. The van der Waals surface area contributed by atoms with Crippen molar-refractivity contribution in [2.24, 2.45) is 0 Å². The summed E-state index contributed by atoms with van der Waals surface area (Å²) in [5.41, 5.74) is 8.92. The zero-order valence-electron chi connectivity index (χ0n) is 16.6. The van der Waals surface area contributed by atoms with Gasteiger partial charge in [-0.2, -0.15) is 0 Å². The minimum atomic E-state index is 0.434. The molecule has 2 heterocycles. The molecule has 2 aromatic carbocycles. The van der Waals surface area contributed by atoms with Crippen LogP contribution in [0.1, 0.15) is 0 Å². The van der Waals surface area contributed by atoms with Gasteiger partial charge in [0, 0.05) is 28.8 Å². The summed E-state index contributed by atoms with van der Waals surface area (Å²) in [6.45, 7) is 0. The maximum Gasteiger partial charge on any atom is 0.203 e. The Bertz CT molecular complexity index is 1130. The highest BCUT2D eigenvalue weighted by molar-refractivity contribution is 7.23. The van der Waals surface area contributed by atoms with Crippen molar-refractivity contribution >= 4 is 39.3 Å². The standard InChI is InChI=1S/C21H20N4O3S2/c1-26-15-9-13(10-16(27-2)17(15)28-3)23-21-25-19(22)18(30-21)20-24-14(11-29-20)12-7-5-4-6-8-12/h4-11H,22H2,1-3H3,(H,23,25). The van der Waals surface area contributed by atoms with Gasteiger partial charge in [-0.15, -0.1) is 11.3 Å². The van der Waals surface area contributed by atoms with Gasteiger partial charge < -0.3 is 25.3 Å². The van der Waals surface area contributed by atoms with Crippen LogP contribution in [0.15, 0.2) is 47.8 Å². The number of rotatable bonds is 7. The molecule has 9 heteroatoms. The largest absolute Gasteiger partial charge is 0.493 e. The van der Waals surface area contributed by atoms with E-state index in [1.165, 1.54) is 11.3 Å². The number of hydrogen-bond donors (Lipinski definition) is 2. The van der Waals surface area contributed by atoms with Crippen LogP contribution < -0.4 is 25.3 Å². The average Bonchev–Trinajstić information content (AvgIpc) is 3.40. The monoisotopic (exact) mass is 440 g/mol. The van der Waals surface area contributed by atoms with Crippen molar-refractivity contribution in [3.05, 3.63) is 47.8 Å². The van der Waals surface area contributed by atoms with E-state index in [-0.39, 0.29) is 0 Å². The van der Waals surface area contributed by atoms with Crippen molar-refractivity contribution in [1.29, 1.82) is 0 Å². The Morgan fingerprint density at radius 1 is 0.933 bits per heavy atom. The SMILES string of the molecule is COc1cc(Nc2nc(N)c(-c3nc(-c4ccccc4)cs3)s2)cc(OC)c1OC. The van der Waals surface area contributed by atoms with E-state index in [0.717, 1.165) is 26.8 Å². The number of nitrogens with two attached hydrogens (primary N) is 1. The van der Waals surface area contributed by atoms with Gasteiger partial charge in [-0.1, -0.05) is 41.7 Å². The van der Waals surface area contributed by atoms with Crippen molar-refractivity contribution in [2.45, 2.75) is 0 Å². The summed E-state index contributed by atoms with van der Waals surface area (Å²) in [6.07, 6.45) is 0. The lowest BCUT2D eigenvalue weighted by Crippen LogP contribution is -1.97. The first kappa shape index (κ1) is 20.0. The predicted octanol–water partition coefficient (Wildman–Crippen LogP) is 5.29. The van der Waals surface area contributed by atoms with Crippen molar-refractivity contribution in [3.63, 3.8) is 0 Å². The van der Waals surface area contributed by atoms with E-state index in [4.69, 9.17) is 24.9 Å². The van der Waals surface area contributed by atoms with Crippen molar-refractivity contribution in [1.82, 2.24) is 9.97 Å². The maximum atomic E-state index is 6.19. The van der Waals surface area contributed by atoms with Crippen LogP contribution >= 0.6 is 22.7 Å². The summed E-state index contributed by atoms with van der Waals surface area (Å²) in [6, 6.07) is 13.7. The molecular weight excluding hydrogens is 420 g/mol. The second-order valence-electron chi connectivity index (χ2n) is 6.18. The van der Waals surface area contributed by atoms with E-state index in [0.29, 0.717) is 28.2 Å².